The first kappa shape index (κ1) is 20.2. The first-order chi connectivity index (χ1) is 16.6. The van der Waals surface area contributed by atoms with Crippen molar-refractivity contribution < 1.29 is 18.7 Å². The monoisotopic (exact) mass is 467 g/mol. The summed E-state index contributed by atoms with van der Waals surface area (Å²) in [4.78, 5) is 17.2. The number of ether oxygens (including phenoxy) is 2. The van der Waals surface area contributed by atoms with Crippen LogP contribution in [0.3, 0.4) is 0 Å². The van der Waals surface area contributed by atoms with Crippen LogP contribution in [0.4, 0.5) is 5.69 Å². The lowest BCUT2D eigenvalue weighted by atomic mass is 10.1. The molecule has 0 radical (unpaired) electrons. The SMILES string of the molecule is O=C(NC(=S)Nc1ccc2oc(-c3ccc4ccccc4c3)nc2c1)c1ccc2c(c1)OCO2. The van der Waals surface area contributed by atoms with Gasteiger partial charge in [-0.1, -0.05) is 30.3 Å². The summed E-state index contributed by atoms with van der Waals surface area (Å²) in [5, 5.41) is 8.14. The smallest absolute Gasteiger partial charge is 0.257 e. The lowest BCUT2D eigenvalue weighted by Crippen LogP contribution is -2.34. The zero-order chi connectivity index (χ0) is 23.1. The first-order valence-corrected chi connectivity index (χ1v) is 10.9. The number of carbonyl (C=O) groups excluding carboxylic acids is 1. The number of thiocarbonyl (C=S) groups is 1. The third kappa shape index (κ3) is 3.80. The van der Waals surface area contributed by atoms with Crippen LogP contribution in [0.5, 0.6) is 11.5 Å². The number of hydrogen-bond acceptors (Lipinski definition) is 6. The number of rotatable bonds is 3. The van der Waals surface area contributed by atoms with Crippen LogP contribution in [0.25, 0.3) is 33.3 Å². The lowest BCUT2D eigenvalue weighted by Gasteiger charge is -2.09. The second-order valence-corrected chi connectivity index (χ2v) is 8.15. The predicted octanol–water partition coefficient (Wildman–Crippen LogP) is 5.50. The van der Waals surface area contributed by atoms with E-state index < -0.39 is 0 Å². The van der Waals surface area contributed by atoms with Crippen molar-refractivity contribution >= 4 is 50.8 Å². The quantitative estimate of drug-likeness (QED) is 0.339. The number of fused-ring (bicyclic) bond motifs is 3. The Morgan fingerprint density at radius 1 is 0.882 bits per heavy atom. The highest BCUT2D eigenvalue weighted by Crippen LogP contribution is 2.32. The normalized spacial score (nSPS) is 12.1. The molecule has 166 valence electrons. The van der Waals surface area contributed by atoms with Crippen LogP contribution in [0, 0.1) is 0 Å². The predicted molar refractivity (Wildman–Crippen MR) is 133 cm³/mol. The highest BCUT2D eigenvalue weighted by atomic mass is 32.1. The van der Waals surface area contributed by atoms with Gasteiger partial charge in [0.25, 0.3) is 5.91 Å². The molecule has 0 spiro atoms. The Labute approximate surface area is 199 Å². The molecule has 0 saturated carbocycles. The van der Waals surface area contributed by atoms with Crippen LogP contribution in [-0.4, -0.2) is 22.8 Å². The Hall–Kier alpha value is -4.43. The van der Waals surface area contributed by atoms with Crippen LogP contribution in [0.1, 0.15) is 10.4 Å². The van der Waals surface area contributed by atoms with Crippen molar-refractivity contribution in [1.82, 2.24) is 10.3 Å². The van der Waals surface area contributed by atoms with E-state index in [0.29, 0.717) is 39.7 Å². The maximum Gasteiger partial charge on any atom is 0.257 e. The molecule has 7 nitrogen and oxygen atoms in total. The minimum Gasteiger partial charge on any atom is -0.454 e. The molecular formula is C26H17N3O4S. The fourth-order valence-electron chi connectivity index (χ4n) is 3.83. The highest BCUT2D eigenvalue weighted by molar-refractivity contribution is 7.80. The zero-order valence-electron chi connectivity index (χ0n) is 17.7. The highest BCUT2D eigenvalue weighted by Gasteiger charge is 2.17. The summed E-state index contributed by atoms with van der Waals surface area (Å²) in [6.45, 7) is 0.146. The number of amides is 1. The van der Waals surface area contributed by atoms with E-state index in [0.717, 1.165) is 16.3 Å². The Morgan fingerprint density at radius 3 is 2.65 bits per heavy atom. The summed E-state index contributed by atoms with van der Waals surface area (Å²) < 4.78 is 16.5. The van der Waals surface area contributed by atoms with E-state index in [2.05, 4.69) is 33.8 Å². The molecule has 0 atom stereocenters. The van der Waals surface area contributed by atoms with E-state index in [1.54, 1.807) is 18.2 Å². The van der Waals surface area contributed by atoms with Crippen molar-refractivity contribution in [2.75, 3.05) is 12.1 Å². The standard InChI is InChI=1S/C26H17N3O4S/c30-24(17-7-9-22-23(12-17)32-14-31-22)29-26(34)27-19-8-10-21-20(13-19)28-25(33-21)18-6-5-15-3-1-2-4-16(15)11-18/h1-13H,14H2,(H2,27,29,30,34). The molecule has 8 heteroatoms. The second-order valence-electron chi connectivity index (χ2n) is 7.74. The number of benzene rings is 4. The van der Waals surface area contributed by atoms with Crippen LogP contribution in [0.2, 0.25) is 0 Å². The summed E-state index contributed by atoms with van der Waals surface area (Å²) in [6.07, 6.45) is 0. The maximum atomic E-state index is 12.5. The largest absolute Gasteiger partial charge is 0.454 e. The Kier molecular flexibility index (Phi) is 4.85. The van der Waals surface area contributed by atoms with Gasteiger partial charge in [0.1, 0.15) is 5.52 Å². The van der Waals surface area contributed by atoms with Crippen LogP contribution >= 0.6 is 12.2 Å². The molecule has 2 heterocycles. The molecule has 1 aliphatic heterocycles. The number of anilines is 1. The number of nitrogens with one attached hydrogen (secondary N) is 2. The van der Waals surface area contributed by atoms with Crippen molar-refractivity contribution in [2.24, 2.45) is 0 Å². The Bertz CT molecular complexity index is 1590. The van der Waals surface area contributed by atoms with Crippen molar-refractivity contribution in [2.45, 2.75) is 0 Å². The number of hydrogen-bond donors (Lipinski definition) is 2. The summed E-state index contributed by atoms with van der Waals surface area (Å²) in [6, 6.07) is 24.7. The van der Waals surface area contributed by atoms with E-state index in [1.165, 1.54) is 0 Å². The summed E-state index contributed by atoms with van der Waals surface area (Å²) in [5.41, 5.74) is 3.33. The number of nitrogens with zero attached hydrogens (tertiary/aromatic N) is 1. The Balaban J connectivity index is 1.18. The Morgan fingerprint density at radius 2 is 1.74 bits per heavy atom. The van der Waals surface area contributed by atoms with Gasteiger partial charge in [-0.2, -0.15) is 0 Å². The van der Waals surface area contributed by atoms with Gasteiger partial charge in [-0.25, -0.2) is 4.98 Å². The number of aromatic nitrogens is 1. The number of carbonyl (C=O) groups is 1. The zero-order valence-corrected chi connectivity index (χ0v) is 18.5. The van der Waals surface area contributed by atoms with Gasteiger partial charge in [0.2, 0.25) is 12.7 Å². The van der Waals surface area contributed by atoms with Crippen molar-refractivity contribution in [1.29, 1.82) is 0 Å². The molecule has 1 aromatic heterocycles. The molecule has 0 fully saturated rings. The third-order valence-electron chi connectivity index (χ3n) is 5.50. The van der Waals surface area contributed by atoms with E-state index in [4.69, 9.17) is 26.1 Å². The first-order valence-electron chi connectivity index (χ1n) is 10.5. The van der Waals surface area contributed by atoms with Gasteiger partial charge in [-0.05, 0) is 71.5 Å². The summed E-state index contributed by atoms with van der Waals surface area (Å²) in [5.74, 6) is 1.33. The van der Waals surface area contributed by atoms with E-state index >= 15 is 0 Å². The molecule has 0 bridgehead atoms. The minimum absolute atomic E-state index is 0.146. The summed E-state index contributed by atoms with van der Waals surface area (Å²) >= 11 is 5.32. The third-order valence-corrected chi connectivity index (χ3v) is 5.71. The molecular weight excluding hydrogens is 450 g/mol. The molecule has 6 rings (SSSR count). The van der Waals surface area contributed by atoms with Crippen LogP contribution in [-0.2, 0) is 0 Å². The average molecular weight is 468 g/mol. The van der Waals surface area contributed by atoms with E-state index in [-0.39, 0.29) is 17.8 Å². The van der Waals surface area contributed by atoms with Gasteiger partial charge < -0.3 is 19.2 Å². The van der Waals surface area contributed by atoms with Crippen molar-refractivity contribution in [3.63, 3.8) is 0 Å². The van der Waals surface area contributed by atoms with Gasteiger partial charge in [-0.15, -0.1) is 0 Å². The van der Waals surface area contributed by atoms with Gasteiger partial charge in [-0.3, -0.25) is 10.1 Å². The fraction of sp³-hybridized carbons (Fsp3) is 0.0385. The number of oxazole rings is 1. The molecule has 0 unspecified atom stereocenters. The molecule has 34 heavy (non-hydrogen) atoms. The average Bonchev–Trinajstić information content (AvgIpc) is 3.49. The van der Waals surface area contributed by atoms with Gasteiger partial charge in [0.05, 0.1) is 0 Å². The molecule has 5 aromatic rings. The molecule has 4 aromatic carbocycles. The van der Waals surface area contributed by atoms with Gasteiger partial charge >= 0.3 is 0 Å². The fourth-order valence-corrected chi connectivity index (χ4v) is 4.04. The van der Waals surface area contributed by atoms with Crippen molar-refractivity contribution in [3.05, 3.63) is 84.4 Å². The molecule has 2 N–H and O–H groups in total. The van der Waals surface area contributed by atoms with Crippen LogP contribution < -0.4 is 20.1 Å². The molecule has 1 aliphatic rings. The van der Waals surface area contributed by atoms with Crippen LogP contribution in [0.15, 0.2) is 83.3 Å². The topological polar surface area (TPSA) is 85.6 Å². The molecule has 1 amide bonds. The second kappa shape index (κ2) is 8.17. The molecule has 0 saturated heterocycles. The lowest BCUT2D eigenvalue weighted by molar-refractivity contribution is 0.0977. The molecule has 0 aliphatic carbocycles. The van der Waals surface area contributed by atoms with Gasteiger partial charge in [0.15, 0.2) is 22.2 Å². The minimum atomic E-state index is -0.350. The maximum absolute atomic E-state index is 12.5. The van der Waals surface area contributed by atoms with Crippen molar-refractivity contribution in [3.8, 4) is 23.0 Å². The summed E-state index contributed by atoms with van der Waals surface area (Å²) in [7, 11) is 0. The van der Waals surface area contributed by atoms with E-state index in [1.807, 2.05) is 42.5 Å². The van der Waals surface area contributed by atoms with E-state index in [9.17, 15) is 4.79 Å². The van der Waals surface area contributed by atoms with Gasteiger partial charge in [0, 0.05) is 16.8 Å².